The summed E-state index contributed by atoms with van der Waals surface area (Å²) in [6.45, 7) is 6.94. The molecule has 0 bridgehead atoms. The quantitative estimate of drug-likeness (QED) is 0.302. The monoisotopic (exact) mass is 316 g/mol. The van der Waals surface area contributed by atoms with Gasteiger partial charge in [0, 0.05) is 18.2 Å². The number of aliphatic hydroxyl groups is 1. The first kappa shape index (κ1) is 21.8. The van der Waals surface area contributed by atoms with E-state index >= 15 is 0 Å². The van der Waals surface area contributed by atoms with Crippen molar-refractivity contribution in [2.24, 2.45) is 0 Å². The number of esters is 3. The normalized spacial score (nSPS) is 10.9. The number of unbranched alkanes of at least 4 members (excludes halogenated alkanes) is 1. The molecule has 124 valence electrons. The number of aliphatic hydroxyl groups excluding tert-OH is 1. The first-order valence-corrected chi connectivity index (χ1v) is 6.38. The SMILES string of the molecule is C=CC(=O)OCCCC.CC(O)C(=O)OC(=O)/C=C\C(=O)O. The standard InChI is InChI=1S/C7H8O6.C7H12O2/c1-4(8)7(12)13-6(11)3-2-5(9)10;1-3-5-6-9-7(8)4-2/h2-4,8H,1H3,(H,9,10);4H,2-3,5-6H2,1H3/b3-2-;. The van der Waals surface area contributed by atoms with Gasteiger partial charge in [-0.2, -0.15) is 0 Å². The summed E-state index contributed by atoms with van der Waals surface area (Å²) in [5.41, 5.74) is 0. The van der Waals surface area contributed by atoms with Gasteiger partial charge < -0.3 is 19.7 Å². The Kier molecular flexibility index (Phi) is 13.4. The molecule has 1 atom stereocenters. The highest BCUT2D eigenvalue weighted by Crippen LogP contribution is 1.89. The van der Waals surface area contributed by atoms with E-state index in [1.54, 1.807) is 0 Å². The maximum atomic E-state index is 10.6. The smallest absolute Gasteiger partial charge is 0.342 e. The fourth-order valence-corrected chi connectivity index (χ4v) is 0.734. The minimum atomic E-state index is -1.41. The molecule has 0 rings (SSSR count). The summed E-state index contributed by atoms with van der Waals surface area (Å²) < 4.78 is 8.66. The van der Waals surface area contributed by atoms with Gasteiger partial charge in [0.25, 0.3) is 0 Å². The molecule has 0 saturated carbocycles. The Morgan fingerprint density at radius 2 is 1.77 bits per heavy atom. The van der Waals surface area contributed by atoms with Crippen LogP contribution in [0.3, 0.4) is 0 Å². The van der Waals surface area contributed by atoms with Gasteiger partial charge >= 0.3 is 23.9 Å². The molecular weight excluding hydrogens is 296 g/mol. The van der Waals surface area contributed by atoms with Gasteiger partial charge in [-0.15, -0.1) is 0 Å². The second-order valence-corrected chi connectivity index (χ2v) is 3.81. The zero-order valence-corrected chi connectivity index (χ0v) is 12.5. The van der Waals surface area contributed by atoms with Crippen LogP contribution < -0.4 is 0 Å². The highest BCUT2D eigenvalue weighted by atomic mass is 16.6. The third-order valence-corrected chi connectivity index (χ3v) is 1.81. The van der Waals surface area contributed by atoms with Crippen molar-refractivity contribution in [2.45, 2.75) is 32.8 Å². The molecule has 0 aliphatic rings. The summed E-state index contributed by atoms with van der Waals surface area (Å²) in [7, 11) is 0. The zero-order valence-electron chi connectivity index (χ0n) is 12.5. The van der Waals surface area contributed by atoms with Crippen molar-refractivity contribution in [1.29, 1.82) is 0 Å². The highest BCUT2D eigenvalue weighted by Gasteiger charge is 2.13. The van der Waals surface area contributed by atoms with Crippen molar-refractivity contribution in [3.63, 3.8) is 0 Å². The molecule has 22 heavy (non-hydrogen) atoms. The number of carbonyl (C=O) groups excluding carboxylic acids is 3. The largest absolute Gasteiger partial charge is 0.478 e. The Morgan fingerprint density at radius 1 is 1.18 bits per heavy atom. The molecule has 0 amide bonds. The molecule has 8 heteroatoms. The summed E-state index contributed by atoms with van der Waals surface area (Å²) in [6, 6.07) is 0. The number of hydrogen-bond acceptors (Lipinski definition) is 7. The van der Waals surface area contributed by atoms with Crippen LogP contribution in [0.15, 0.2) is 24.8 Å². The highest BCUT2D eigenvalue weighted by molar-refractivity contribution is 5.96. The Morgan fingerprint density at radius 3 is 2.18 bits per heavy atom. The van der Waals surface area contributed by atoms with Gasteiger partial charge in [-0.1, -0.05) is 19.9 Å². The summed E-state index contributed by atoms with van der Waals surface area (Å²) in [4.78, 5) is 41.3. The third kappa shape index (κ3) is 15.6. The lowest BCUT2D eigenvalue weighted by atomic mass is 10.4. The average Bonchev–Trinajstić information content (AvgIpc) is 2.45. The van der Waals surface area contributed by atoms with Gasteiger partial charge in [-0.25, -0.2) is 19.2 Å². The van der Waals surface area contributed by atoms with Crippen molar-refractivity contribution < 1.29 is 38.9 Å². The van der Waals surface area contributed by atoms with Gasteiger partial charge in [-0.05, 0) is 13.3 Å². The van der Waals surface area contributed by atoms with Gasteiger partial charge in [-0.3, -0.25) is 0 Å². The van der Waals surface area contributed by atoms with E-state index in [-0.39, 0.29) is 5.97 Å². The molecule has 0 aliphatic heterocycles. The maximum absolute atomic E-state index is 10.6. The predicted molar refractivity (Wildman–Crippen MR) is 75.6 cm³/mol. The van der Waals surface area contributed by atoms with Crippen LogP contribution in [0.25, 0.3) is 0 Å². The van der Waals surface area contributed by atoms with E-state index in [1.165, 1.54) is 6.08 Å². The molecule has 2 N–H and O–H groups in total. The van der Waals surface area contributed by atoms with Crippen molar-refractivity contribution in [2.75, 3.05) is 6.61 Å². The van der Waals surface area contributed by atoms with Crippen LogP contribution in [0.4, 0.5) is 0 Å². The first-order chi connectivity index (χ1) is 10.2. The van der Waals surface area contributed by atoms with Gasteiger partial charge in [0.2, 0.25) is 0 Å². The molecule has 0 aliphatic carbocycles. The van der Waals surface area contributed by atoms with Crippen molar-refractivity contribution in [1.82, 2.24) is 0 Å². The lowest BCUT2D eigenvalue weighted by Gasteiger charge is -2.00. The lowest BCUT2D eigenvalue weighted by Crippen LogP contribution is -2.21. The molecular formula is C14H20O8. The van der Waals surface area contributed by atoms with Gasteiger partial charge in [0.15, 0.2) is 0 Å². The summed E-state index contributed by atoms with van der Waals surface area (Å²) in [5, 5.41) is 16.7. The van der Waals surface area contributed by atoms with Crippen LogP contribution in [0, 0.1) is 0 Å². The molecule has 0 aromatic rings. The lowest BCUT2D eigenvalue weighted by molar-refractivity contribution is -0.162. The number of carboxylic acid groups (broad SMARTS) is 1. The molecule has 8 nitrogen and oxygen atoms in total. The number of ether oxygens (including phenoxy) is 2. The van der Waals surface area contributed by atoms with E-state index in [9.17, 15) is 19.2 Å². The Hall–Kier alpha value is -2.48. The fraction of sp³-hybridized carbons (Fsp3) is 0.429. The number of carboxylic acids is 1. The fourth-order valence-electron chi connectivity index (χ4n) is 0.734. The molecule has 0 aromatic carbocycles. The van der Waals surface area contributed by atoms with Crippen LogP contribution in [0.2, 0.25) is 0 Å². The number of carbonyl (C=O) groups is 4. The van der Waals surface area contributed by atoms with E-state index in [0.29, 0.717) is 18.8 Å². The minimum absolute atomic E-state index is 0.330. The Balaban J connectivity index is 0. The first-order valence-electron chi connectivity index (χ1n) is 6.38. The van der Waals surface area contributed by atoms with E-state index < -0.39 is 24.0 Å². The molecule has 0 heterocycles. The van der Waals surface area contributed by atoms with Crippen LogP contribution >= 0.6 is 0 Å². The minimum Gasteiger partial charge on any atom is -0.478 e. The zero-order chi connectivity index (χ0) is 17.5. The Bertz CT molecular complexity index is 423. The summed E-state index contributed by atoms with van der Waals surface area (Å²) >= 11 is 0. The predicted octanol–water partition coefficient (Wildman–Crippen LogP) is 0.593. The molecule has 0 radical (unpaired) electrons. The van der Waals surface area contributed by atoms with E-state index in [2.05, 4.69) is 16.1 Å². The number of aliphatic carboxylic acids is 1. The van der Waals surface area contributed by atoms with Crippen LogP contribution in [0.1, 0.15) is 26.7 Å². The van der Waals surface area contributed by atoms with Crippen molar-refractivity contribution >= 4 is 23.9 Å². The van der Waals surface area contributed by atoms with Crippen LogP contribution in [-0.4, -0.2) is 46.8 Å². The number of rotatable bonds is 7. The average molecular weight is 316 g/mol. The third-order valence-electron chi connectivity index (χ3n) is 1.81. The van der Waals surface area contributed by atoms with Crippen molar-refractivity contribution in [3.05, 3.63) is 24.8 Å². The van der Waals surface area contributed by atoms with Gasteiger partial charge in [0.05, 0.1) is 6.61 Å². The van der Waals surface area contributed by atoms with E-state index in [1.807, 2.05) is 6.92 Å². The van der Waals surface area contributed by atoms with E-state index in [4.69, 9.17) is 10.2 Å². The van der Waals surface area contributed by atoms with E-state index in [0.717, 1.165) is 19.8 Å². The van der Waals surface area contributed by atoms with Crippen LogP contribution in [0.5, 0.6) is 0 Å². The molecule has 0 fully saturated rings. The molecule has 0 saturated heterocycles. The number of hydrogen-bond donors (Lipinski definition) is 2. The second kappa shape index (κ2) is 13.5. The second-order valence-electron chi connectivity index (χ2n) is 3.81. The van der Waals surface area contributed by atoms with Crippen molar-refractivity contribution in [3.8, 4) is 0 Å². The van der Waals surface area contributed by atoms with Gasteiger partial charge in [0.1, 0.15) is 6.10 Å². The molecule has 1 unspecified atom stereocenters. The Labute approximate surface area is 128 Å². The molecule has 0 spiro atoms. The summed E-state index contributed by atoms with van der Waals surface area (Å²) in [5.74, 6) is -3.92. The summed E-state index contributed by atoms with van der Waals surface area (Å²) in [6.07, 6.45) is 2.84. The molecule has 0 aromatic heterocycles. The topological polar surface area (TPSA) is 127 Å². The van der Waals surface area contributed by atoms with Crippen LogP contribution in [-0.2, 0) is 28.7 Å². The maximum Gasteiger partial charge on any atom is 0.342 e.